The minimum atomic E-state index is -0.292. The van der Waals surface area contributed by atoms with Crippen molar-refractivity contribution in [3.05, 3.63) is 24.2 Å². The van der Waals surface area contributed by atoms with Gasteiger partial charge in [0.25, 0.3) is 0 Å². The van der Waals surface area contributed by atoms with Crippen LogP contribution in [0.3, 0.4) is 0 Å². The van der Waals surface area contributed by atoms with E-state index in [9.17, 15) is 4.79 Å². The van der Waals surface area contributed by atoms with E-state index in [0.29, 0.717) is 0 Å². The number of ether oxygens (including phenoxy) is 1. The molecule has 1 heterocycles. The second kappa shape index (κ2) is 5.56. The SMILES string of the molecule is COC(=O)C(C)NC(C)Cc1ccco1. The molecule has 1 aromatic heterocycles. The molecule has 4 nitrogen and oxygen atoms in total. The molecule has 1 rings (SSSR count). The lowest BCUT2D eigenvalue weighted by Crippen LogP contribution is -2.41. The quantitative estimate of drug-likeness (QED) is 0.747. The first kappa shape index (κ1) is 11.8. The van der Waals surface area contributed by atoms with Gasteiger partial charge in [0.05, 0.1) is 13.4 Å². The first-order valence-electron chi connectivity index (χ1n) is 4.99. The standard InChI is InChI=1S/C11H17NO3/c1-8(7-10-5-4-6-15-10)12-9(2)11(13)14-3/h4-6,8-9,12H,7H2,1-3H3. The zero-order valence-electron chi connectivity index (χ0n) is 9.32. The fourth-order valence-corrected chi connectivity index (χ4v) is 1.46. The summed E-state index contributed by atoms with van der Waals surface area (Å²) in [6.07, 6.45) is 2.40. The van der Waals surface area contributed by atoms with Gasteiger partial charge in [-0.2, -0.15) is 0 Å². The first-order chi connectivity index (χ1) is 7.13. The van der Waals surface area contributed by atoms with Gasteiger partial charge in [-0.1, -0.05) is 0 Å². The van der Waals surface area contributed by atoms with Crippen LogP contribution in [0.25, 0.3) is 0 Å². The van der Waals surface area contributed by atoms with E-state index in [0.717, 1.165) is 12.2 Å². The molecule has 0 saturated carbocycles. The third kappa shape index (κ3) is 3.75. The van der Waals surface area contributed by atoms with Gasteiger partial charge in [0, 0.05) is 12.5 Å². The van der Waals surface area contributed by atoms with E-state index in [2.05, 4.69) is 10.1 Å². The third-order valence-electron chi connectivity index (χ3n) is 2.18. The number of carbonyl (C=O) groups excluding carboxylic acids is 1. The van der Waals surface area contributed by atoms with Gasteiger partial charge in [0.15, 0.2) is 0 Å². The van der Waals surface area contributed by atoms with Gasteiger partial charge in [-0.3, -0.25) is 4.79 Å². The summed E-state index contributed by atoms with van der Waals surface area (Å²) in [4.78, 5) is 11.1. The first-order valence-corrected chi connectivity index (χ1v) is 4.99. The number of furan rings is 1. The van der Waals surface area contributed by atoms with Crippen molar-refractivity contribution in [2.24, 2.45) is 0 Å². The summed E-state index contributed by atoms with van der Waals surface area (Å²) in [6, 6.07) is 3.65. The maximum absolute atomic E-state index is 11.1. The van der Waals surface area contributed by atoms with E-state index in [1.807, 2.05) is 19.1 Å². The molecule has 2 unspecified atom stereocenters. The number of hydrogen-bond donors (Lipinski definition) is 1. The van der Waals surface area contributed by atoms with Crippen molar-refractivity contribution in [1.82, 2.24) is 5.32 Å². The molecule has 1 N–H and O–H groups in total. The predicted molar refractivity (Wildman–Crippen MR) is 56.5 cm³/mol. The van der Waals surface area contributed by atoms with E-state index in [-0.39, 0.29) is 18.1 Å². The Hall–Kier alpha value is -1.29. The van der Waals surface area contributed by atoms with Crippen molar-refractivity contribution in [2.45, 2.75) is 32.4 Å². The number of carbonyl (C=O) groups is 1. The van der Waals surface area contributed by atoms with Crippen LogP contribution in [0, 0.1) is 0 Å². The fraction of sp³-hybridized carbons (Fsp3) is 0.545. The minimum Gasteiger partial charge on any atom is -0.469 e. The van der Waals surface area contributed by atoms with Crippen LogP contribution in [0.1, 0.15) is 19.6 Å². The molecule has 0 saturated heterocycles. The van der Waals surface area contributed by atoms with Crippen LogP contribution in [-0.2, 0) is 16.0 Å². The molecule has 0 aromatic carbocycles. The number of methoxy groups -OCH3 is 1. The lowest BCUT2D eigenvalue weighted by Gasteiger charge is -2.17. The Balaban J connectivity index is 2.35. The highest BCUT2D eigenvalue weighted by atomic mass is 16.5. The number of nitrogens with one attached hydrogen (secondary N) is 1. The number of rotatable bonds is 5. The Morgan fingerprint density at radius 3 is 2.87 bits per heavy atom. The van der Waals surface area contributed by atoms with E-state index in [1.165, 1.54) is 7.11 Å². The summed E-state index contributed by atoms with van der Waals surface area (Å²) in [5.74, 6) is 0.661. The van der Waals surface area contributed by atoms with Crippen molar-refractivity contribution < 1.29 is 13.9 Å². The van der Waals surface area contributed by atoms with Crippen LogP contribution < -0.4 is 5.32 Å². The van der Waals surface area contributed by atoms with E-state index < -0.39 is 0 Å². The second-order valence-corrected chi connectivity index (χ2v) is 3.60. The van der Waals surface area contributed by atoms with Crippen LogP contribution in [0.5, 0.6) is 0 Å². The molecule has 2 atom stereocenters. The zero-order valence-corrected chi connectivity index (χ0v) is 9.32. The lowest BCUT2D eigenvalue weighted by molar-refractivity contribution is -0.142. The van der Waals surface area contributed by atoms with Gasteiger partial charge in [-0.15, -0.1) is 0 Å². The molecule has 4 heteroatoms. The van der Waals surface area contributed by atoms with Crippen molar-refractivity contribution in [3.8, 4) is 0 Å². The van der Waals surface area contributed by atoms with Crippen LogP contribution in [-0.4, -0.2) is 25.2 Å². The second-order valence-electron chi connectivity index (χ2n) is 3.60. The van der Waals surface area contributed by atoms with Crippen molar-refractivity contribution >= 4 is 5.97 Å². The van der Waals surface area contributed by atoms with Gasteiger partial charge >= 0.3 is 5.97 Å². The Labute approximate surface area is 89.6 Å². The van der Waals surface area contributed by atoms with Crippen LogP contribution >= 0.6 is 0 Å². The molecule has 0 aliphatic rings. The number of hydrogen-bond acceptors (Lipinski definition) is 4. The molecule has 84 valence electrons. The molecule has 0 aliphatic heterocycles. The molecular formula is C11H17NO3. The topological polar surface area (TPSA) is 51.5 Å². The van der Waals surface area contributed by atoms with E-state index in [4.69, 9.17) is 4.42 Å². The lowest BCUT2D eigenvalue weighted by atomic mass is 10.1. The van der Waals surface area contributed by atoms with Crippen LogP contribution in [0.15, 0.2) is 22.8 Å². The fourth-order valence-electron chi connectivity index (χ4n) is 1.46. The van der Waals surface area contributed by atoms with Crippen molar-refractivity contribution in [1.29, 1.82) is 0 Å². The molecule has 0 aliphatic carbocycles. The molecule has 1 aromatic rings. The molecule has 15 heavy (non-hydrogen) atoms. The van der Waals surface area contributed by atoms with Gasteiger partial charge in [-0.25, -0.2) is 0 Å². The highest BCUT2D eigenvalue weighted by molar-refractivity contribution is 5.75. The Morgan fingerprint density at radius 2 is 2.33 bits per heavy atom. The average Bonchev–Trinajstić information content (AvgIpc) is 2.68. The summed E-state index contributed by atoms with van der Waals surface area (Å²) in [5.41, 5.74) is 0. The summed E-state index contributed by atoms with van der Waals surface area (Å²) in [6.45, 7) is 3.78. The molecule has 0 radical (unpaired) electrons. The Bertz CT molecular complexity index is 295. The summed E-state index contributed by atoms with van der Waals surface area (Å²) in [5, 5.41) is 3.13. The highest BCUT2D eigenvalue weighted by Gasteiger charge is 2.15. The van der Waals surface area contributed by atoms with Gasteiger partial charge in [-0.05, 0) is 26.0 Å². The van der Waals surface area contributed by atoms with Crippen molar-refractivity contribution in [2.75, 3.05) is 7.11 Å². The summed E-state index contributed by atoms with van der Waals surface area (Å²) in [7, 11) is 1.39. The minimum absolute atomic E-state index is 0.172. The maximum Gasteiger partial charge on any atom is 0.322 e. The van der Waals surface area contributed by atoms with Gasteiger partial charge < -0.3 is 14.5 Å². The molecule has 0 fully saturated rings. The monoisotopic (exact) mass is 211 g/mol. The summed E-state index contributed by atoms with van der Waals surface area (Å²) < 4.78 is 9.84. The average molecular weight is 211 g/mol. The van der Waals surface area contributed by atoms with Crippen molar-refractivity contribution in [3.63, 3.8) is 0 Å². The highest BCUT2D eigenvalue weighted by Crippen LogP contribution is 2.04. The van der Waals surface area contributed by atoms with Gasteiger partial charge in [0.2, 0.25) is 0 Å². The Kier molecular flexibility index (Phi) is 4.37. The predicted octanol–water partition coefficient (Wildman–Crippen LogP) is 1.36. The third-order valence-corrected chi connectivity index (χ3v) is 2.18. The summed E-state index contributed by atoms with van der Waals surface area (Å²) >= 11 is 0. The van der Waals surface area contributed by atoms with E-state index >= 15 is 0 Å². The largest absolute Gasteiger partial charge is 0.469 e. The molecule has 0 bridgehead atoms. The number of esters is 1. The molecule has 0 spiro atoms. The van der Waals surface area contributed by atoms with Crippen LogP contribution in [0.2, 0.25) is 0 Å². The molecule has 0 amide bonds. The van der Waals surface area contributed by atoms with Crippen LogP contribution in [0.4, 0.5) is 0 Å². The maximum atomic E-state index is 11.1. The smallest absolute Gasteiger partial charge is 0.322 e. The Morgan fingerprint density at radius 1 is 1.60 bits per heavy atom. The molecular weight excluding hydrogens is 194 g/mol. The van der Waals surface area contributed by atoms with Gasteiger partial charge in [0.1, 0.15) is 11.8 Å². The normalized spacial score (nSPS) is 14.6. The van der Waals surface area contributed by atoms with E-state index in [1.54, 1.807) is 13.2 Å². The zero-order chi connectivity index (χ0) is 11.3.